The first kappa shape index (κ1) is 45.9. The number of allylic oxidation sites excluding steroid dienone is 3. The summed E-state index contributed by atoms with van der Waals surface area (Å²) in [6, 6.07) is -0.872. The molecule has 0 aromatic carbocycles. The van der Waals surface area contributed by atoms with Crippen LogP contribution in [0.15, 0.2) is 24.3 Å². The van der Waals surface area contributed by atoms with Gasteiger partial charge in [0.1, 0.15) is 12.1 Å². The second kappa shape index (κ2) is 36.1. The van der Waals surface area contributed by atoms with Crippen molar-refractivity contribution in [1.29, 1.82) is 0 Å². The fraction of sp³-hybridized carbons (Fsp3) is 0.829. The number of rotatable bonds is 36. The Morgan fingerprint density at radius 1 is 0.625 bits per heavy atom. The first-order valence-electron chi connectivity index (χ1n) is 20.2. The second-order valence-corrected chi connectivity index (χ2v) is 13.7. The molecule has 0 aromatic rings. The molecule has 7 nitrogen and oxygen atoms in total. The highest BCUT2D eigenvalue weighted by Crippen LogP contribution is 2.16. The number of unbranched alkanes of at least 4 members (excludes halogenated alkanes) is 20. The number of ether oxygens (including phenoxy) is 1. The van der Waals surface area contributed by atoms with Crippen LogP contribution in [0, 0.1) is 0 Å². The van der Waals surface area contributed by atoms with E-state index in [1.54, 1.807) is 0 Å². The number of carbonyl (C=O) groups is 3. The average Bonchev–Trinajstić information content (AvgIpc) is 3.07. The highest BCUT2D eigenvalue weighted by atomic mass is 16.5. The predicted molar refractivity (Wildman–Crippen MR) is 202 cm³/mol. The molecule has 0 aromatic heterocycles. The van der Waals surface area contributed by atoms with Crippen LogP contribution in [0.2, 0.25) is 0 Å². The Balaban J connectivity index is 4.35. The lowest BCUT2D eigenvalue weighted by molar-refractivity contribution is -0.147. The summed E-state index contributed by atoms with van der Waals surface area (Å²) in [7, 11) is 0. The van der Waals surface area contributed by atoms with Gasteiger partial charge in [0.2, 0.25) is 5.91 Å². The Kier molecular flexibility index (Phi) is 34.5. The van der Waals surface area contributed by atoms with Crippen LogP contribution in [-0.4, -0.2) is 41.6 Å². The lowest BCUT2D eigenvalue weighted by Gasteiger charge is -2.15. The molecule has 0 spiro atoms. The Labute approximate surface area is 295 Å². The third kappa shape index (κ3) is 32.4. The van der Waals surface area contributed by atoms with Crippen molar-refractivity contribution in [2.45, 2.75) is 212 Å². The van der Waals surface area contributed by atoms with Crippen LogP contribution in [-0.2, 0) is 19.1 Å². The van der Waals surface area contributed by atoms with E-state index >= 15 is 0 Å². The minimum atomic E-state index is -1.02. The van der Waals surface area contributed by atoms with E-state index in [-0.39, 0.29) is 18.0 Å². The van der Waals surface area contributed by atoms with E-state index in [2.05, 4.69) is 37.4 Å². The molecule has 0 aliphatic heterocycles. The van der Waals surface area contributed by atoms with E-state index in [0.717, 1.165) is 51.4 Å². The second-order valence-electron chi connectivity index (χ2n) is 13.7. The van der Waals surface area contributed by atoms with Gasteiger partial charge in [0.05, 0.1) is 0 Å². The van der Waals surface area contributed by atoms with Gasteiger partial charge in [-0.05, 0) is 70.4 Å². The fourth-order valence-corrected chi connectivity index (χ4v) is 5.93. The summed E-state index contributed by atoms with van der Waals surface area (Å²) in [6.07, 6.45) is 39.5. The number of nitrogens with two attached hydrogens (primary N) is 1. The quantitative estimate of drug-likeness (QED) is 0.0345. The molecule has 4 N–H and O–H groups in total. The van der Waals surface area contributed by atoms with Gasteiger partial charge in [0.25, 0.3) is 0 Å². The van der Waals surface area contributed by atoms with Crippen LogP contribution in [0.3, 0.4) is 0 Å². The topological polar surface area (TPSA) is 119 Å². The van der Waals surface area contributed by atoms with Crippen LogP contribution in [0.25, 0.3) is 0 Å². The molecule has 0 rings (SSSR count). The molecule has 2 atom stereocenters. The molecular weight excluding hydrogens is 600 g/mol. The van der Waals surface area contributed by atoms with Crippen molar-refractivity contribution >= 4 is 17.8 Å². The van der Waals surface area contributed by atoms with Gasteiger partial charge in [0.15, 0.2) is 0 Å². The average molecular weight is 677 g/mol. The van der Waals surface area contributed by atoms with Crippen molar-refractivity contribution in [2.75, 3.05) is 6.54 Å². The number of hydrogen-bond acceptors (Lipinski definition) is 5. The summed E-state index contributed by atoms with van der Waals surface area (Å²) >= 11 is 0. The molecular formula is C41H76N2O5. The monoisotopic (exact) mass is 677 g/mol. The lowest BCUT2D eigenvalue weighted by Crippen LogP contribution is -2.40. The zero-order chi connectivity index (χ0) is 35.3. The Hall–Kier alpha value is -2.15. The summed E-state index contributed by atoms with van der Waals surface area (Å²) in [5, 5.41) is 11.9. The minimum Gasteiger partial charge on any atom is -0.480 e. The van der Waals surface area contributed by atoms with Crippen LogP contribution < -0.4 is 11.1 Å². The highest BCUT2D eigenvalue weighted by molar-refractivity contribution is 5.83. The van der Waals surface area contributed by atoms with Gasteiger partial charge in [-0.3, -0.25) is 9.59 Å². The molecule has 0 fully saturated rings. The lowest BCUT2D eigenvalue weighted by atomic mass is 10.0. The molecule has 0 saturated carbocycles. The summed E-state index contributed by atoms with van der Waals surface area (Å²) in [5.41, 5.74) is 5.47. The predicted octanol–water partition coefficient (Wildman–Crippen LogP) is 10.9. The van der Waals surface area contributed by atoms with E-state index in [0.29, 0.717) is 38.6 Å². The van der Waals surface area contributed by atoms with Crippen molar-refractivity contribution in [3.8, 4) is 0 Å². The highest BCUT2D eigenvalue weighted by Gasteiger charge is 2.19. The summed E-state index contributed by atoms with van der Waals surface area (Å²) in [4.78, 5) is 36.2. The Morgan fingerprint density at radius 3 is 1.71 bits per heavy atom. The first-order chi connectivity index (χ1) is 23.4. The van der Waals surface area contributed by atoms with E-state index in [1.165, 1.54) is 103 Å². The zero-order valence-corrected chi connectivity index (χ0v) is 31.3. The van der Waals surface area contributed by atoms with Gasteiger partial charge in [-0.25, -0.2) is 4.79 Å². The van der Waals surface area contributed by atoms with Crippen LogP contribution in [0.4, 0.5) is 0 Å². The maximum Gasteiger partial charge on any atom is 0.326 e. The Bertz CT molecular complexity index is 813. The number of esters is 1. The summed E-state index contributed by atoms with van der Waals surface area (Å²) < 4.78 is 5.90. The third-order valence-corrected chi connectivity index (χ3v) is 9.00. The largest absolute Gasteiger partial charge is 0.480 e. The van der Waals surface area contributed by atoms with Gasteiger partial charge in [-0.1, -0.05) is 148 Å². The number of nitrogens with one attached hydrogen (secondary N) is 1. The molecule has 0 radical (unpaired) electrons. The number of hydrogen-bond donors (Lipinski definition) is 3. The molecule has 0 heterocycles. The van der Waals surface area contributed by atoms with E-state index in [1.807, 2.05) is 6.08 Å². The van der Waals surface area contributed by atoms with E-state index < -0.39 is 12.0 Å². The SMILES string of the molecule is CCCCCC/C=C\C/C=C\C(CCCCCCC(=O)NC(CCCN)C(=O)O)OC(=O)CCCCCCCCCCCCCCCC. The first-order valence-corrected chi connectivity index (χ1v) is 20.2. The number of carbonyl (C=O) groups excluding carboxylic acids is 2. The van der Waals surface area contributed by atoms with Crippen molar-refractivity contribution in [3.05, 3.63) is 24.3 Å². The smallest absolute Gasteiger partial charge is 0.326 e. The van der Waals surface area contributed by atoms with Gasteiger partial charge in [0, 0.05) is 12.8 Å². The zero-order valence-electron chi connectivity index (χ0n) is 31.3. The maximum absolute atomic E-state index is 12.7. The van der Waals surface area contributed by atoms with Crippen LogP contribution in [0.1, 0.15) is 200 Å². The summed E-state index contributed by atoms with van der Waals surface area (Å²) in [6.45, 7) is 4.90. The maximum atomic E-state index is 12.7. The van der Waals surface area contributed by atoms with Gasteiger partial charge in [-0.2, -0.15) is 0 Å². The number of carboxylic acids is 1. The molecule has 0 aliphatic rings. The van der Waals surface area contributed by atoms with Gasteiger partial charge >= 0.3 is 11.9 Å². The standard InChI is InChI=1S/C41H76N2O5/c1-3-5-7-9-11-13-14-15-16-17-19-21-23-29-35-40(45)48-37(31-26-22-20-18-12-10-8-6-4-2)32-27-24-25-28-34-39(44)43-38(41(46)47)33-30-36-42/h18,20,26,31,37-38H,3-17,19,21-25,27-30,32-36,42H2,1-2H3,(H,43,44)(H,46,47)/b20-18-,31-26-. The van der Waals surface area contributed by atoms with Crippen molar-refractivity contribution in [3.63, 3.8) is 0 Å². The molecule has 1 amide bonds. The van der Waals surface area contributed by atoms with E-state index in [9.17, 15) is 19.5 Å². The number of aliphatic carboxylic acids is 1. The van der Waals surface area contributed by atoms with Gasteiger partial charge in [-0.15, -0.1) is 0 Å². The summed E-state index contributed by atoms with van der Waals surface area (Å²) in [5.74, 6) is -1.34. The molecule has 7 heteroatoms. The number of carboxylic acid groups (broad SMARTS) is 1. The fourth-order valence-electron chi connectivity index (χ4n) is 5.93. The van der Waals surface area contributed by atoms with Crippen molar-refractivity contribution in [2.24, 2.45) is 5.73 Å². The van der Waals surface area contributed by atoms with Crippen molar-refractivity contribution in [1.82, 2.24) is 5.32 Å². The third-order valence-electron chi connectivity index (χ3n) is 9.00. The molecule has 48 heavy (non-hydrogen) atoms. The van der Waals surface area contributed by atoms with E-state index in [4.69, 9.17) is 10.5 Å². The molecule has 2 unspecified atom stereocenters. The van der Waals surface area contributed by atoms with Crippen LogP contribution in [0.5, 0.6) is 0 Å². The molecule has 280 valence electrons. The number of amides is 1. The minimum absolute atomic E-state index is 0.102. The van der Waals surface area contributed by atoms with Crippen LogP contribution >= 0.6 is 0 Å². The molecule has 0 saturated heterocycles. The molecule has 0 bridgehead atoms. The molecule has 0 aliphatic carbocycles. The normalized spacial score (nSPS) is 12.9. The Morgan fingerprint density at radius 2 is 1.15 bits per heavy atom. The van der Waals surface area contributed by atoms with Gasteiger partial charge < -0.3 is 20.9 Å². The van der Waals surface area contributed by atoms with Crippen molar-refractivity contribution < 1.29 is 24.2 Å².